The summed E-state index contributed by atoms with van der Waals surface area (Å²) in [5.41, 5.74) is 13.5. The molecule has 0 radical (unpaired) electrons. The zero-order chi connectivity index (χ0) is 20.4. The van der Waals surface area contributed by atoms with Crippen molar-refractivity contribution >= 4 is 19.2 Å². The summed E-state index contributed by atoms with van der Waals surface area (Å²) in [4.78, 5) is 0. The fourth-order valence-corrected chi connectivity index (χ4v) is 8.37. The van der Waals surface area contributed by atoms with Gasteiger partial charge in [-0.15, -0.1) is 24.3 Å². The van der Waals surface area contributed by atoms with Crippen molar-refractivity contribution in [2.24, 2.45) is 0 Å². The predicted molar refractivity (Wildman–Crippen MR) is 130 cm³/mol. The van der Waals surface area contributed by atoms with E-state index in [2.05, 4.69) is 85.9 Å². The second-order valence-electron chi connectivity index (χ2n) is 8.44. The Balaban J connectivity index is 0.00000240. The molecule has 0 bridgehead atoms. The van der Waals surface area contributed by atoms with E-state index in [-0.39, 0.29) is 37.7 Å². The molecule has 0 saturated carbocycles. The molecule has 0 amide bonds. The predicted octanol–water partition coefficient (Wildman–Crippen LogP) is 2.47. The SMILES string of the molecule is CCCCCC[Si]1(CCCCCC)[C-]=C(c2ccccc2)C(c2ccccc2)=[C-]1.[Li+].[Li+]. The van der Waals surface area contributed by atoms with E-state index in [1.54, 1.807) is 0 Å². The van der Waals surface area contributed by atoms with Crippen LogP contribution in [0.3, 0.4) is 0 Å². The van der Waals surface area contributed by atoms with Crippen molar-refractivity contribution in [3.63, 3.8) is 0 Å². The van der Waals surface area contributed by atoms with Crippen LogP contribution in [0.4, 0.5) is 0 Å². The number of hydrogen-bond acceptors (Lipinski definition) is 0. The first-order valence-corrected chi connectivity index (χ1v) is 14.1. The molecule has 154 valence electrons. The van der Waals surface area contributed by atoms with Crippen LogP contribution in [0.2, 0.25) is 12.1 Å². The molecule has 0 aromatic heterocycles. The number of unbranched alkanes of at least 4 members (excludes halogenated alkanes) is 6. The molecule has 3 heteroatoms. The van der Waals surface area contributed by atoms with Gasteiger partial charge in [0.1, 0.15) is 0 Å². The summed E-state index contributed by atoms with van der Waals surface area (Å²) in [6.07, 6.45) is 10.7. The Bertz CT molecular complexity index is 727. The topological polar surface area (TPSA) is 0 Å². The quantitative estimate of drug-likeness (QED) is 0.284. The molecule has 1 aliphatic rings. The van der Waals surface area contributed by atoms with Crippen molar-refractivity contribution in [3.8, 4) is 0 Å². The van der Waals surface area contributed by atoms with Gasteiger partial charge in [-0.25, -0.2) is 0 Å². The number of allylic oxidation sites excluding steroid dienone is 2. The molecule has 3 rings (SSSR count). The standard InChI is InChI=1S/C28H36Si.2Li/c1-3-5-7-15-21-29(22-16-8-6-4-2)23-27(25-17-11-9-12-18-25)28(24-29)26-19-13-10-14-20-26;;/h9-14,17-20H,3-8,15-16,21-22H2,1-2H3;;/q-2;2*+1. The Morgan fingerprint density at radius 2 is 0.935 bits per heavy atom. The summed E-state index contributed by atoms with van der Waals surface area (Å²) < 4.78 is 0. The van der Waals surface area contributed by atoms with Crippen LogP contribution < -0.4 is 37.7 Å². The molecule has 0 aliphatic carbocycles. The van der Waals surface area contributed by atoms with Crippen molar-refractivity contribution in [3.05, 3.63) is 83.2 Å². The molecule has 31 heavy (non-hydrogen) atoms. The minimum absolute atomic E-state index is 0. The fourth-order valence-electron chi connectivity index (χ4n) is 4.36. The maximum Gasteiger partial charge on any atom is 1.00 e. The Hall–Kier alpha value is -0.668. The van der Waals surface area contributed by atoms with Gasteiger partial charge in [-0.3, -0.25) is 22.5 Å². The van der Waals surface area contributed by atoms with E-state index in [0.29, 0.717) is 0 Å². The van der Waals surface area contributed by atoms with Crippen LogP contribution in [0, 0.1) is 11.4 Å². The Morgan fingerprint density at radius 1 is 0.548 bits per heavy atom. The molecule has 0 atom stereocenters. The molecular weight excluding hydrogens is 378 g/mol. The molecule has 0 saturated heterocycles. The Morgan fingerprint density at radius 3 is 1.29 bits per heavy atom. The van der Waals surface area contributed by atoms with Gasteiger partial charge < -0.3 is 0 Å². The van der Waals surface area contributed by atoms with Gasteiger partial charge in [0, 0.05) is 0 Å². The third-order valence-corrected chi connectivity index (χ3v) is 9.89. The van der Waals surface area contributed by atoms with Crippen molar-refractivity contribution < 1.29 is 37.7 Å². The van der Waals surface area contributed by atoms with Crippen molar-refractivity contribution in [2.45, 2.75) is 77.3 Å². The maximum atomic E-state index is 4.13. The molecule has 1 aliphatic heterocycles. The Kier molecular flexibility index (Phi) is 13.9. The molecular formula is C28H36Li2Si. The summed E-state index contributed by atoms with van der Waals surface area (Å²) >= 11 is 0. The number of benzene rings is 2. The number of hydrogen-bond donors (Lipinski definition) is 0. The van der Waals surface area contributed by atoms with E-state index >= 15 is 0 Å². The van der Waals surface area contributed by atoms with E-state index < -0.39 is 8.07 Å². The normalized spacial score (nSPS) is 14.3. The molecule has 0 spiro atoms. The van der Waals surface area contributed by atoms with Crippen molar-refractivity contribution in [1.82, 2.24) is 0 Å². The van der Waals surface area contributed by atoms with E-state index in [9.17, 15) is 0 Å². The summed E-state index contributed by atoms with van der Waals surface area (Å²) in [5.74, 6) is 0. The fraction of sp³-hybridized carbons (Fsp3) is 0.429. The molecule has 0 nitrogen and oxygen atoms in total. The average molecular weight is 415 g/mol. The summed E-state index contributed by atoms with van der Waals surface area (Å²) in [5, 5.41) is 0. The zero-order valence-corrected chi connectivity index (χ0v) is 21.3. The molecule has 0 unspecified atom stereocenters. The molecule has 2 aromatic carbocycles. The van der Waals surface area contributed by atoms with E-state index in [1.165, 1.54) is 85.7 Å². The zero-order valence-electron chi connectivity index (χ0n) is 20.3. The minimum Gasteiger partial charge on any atom is -0.297 e. The van der Waals surface area contributed by atoms with E-state index in [1.807, 2.05) is 0 Å². The van der Waals surface area contributed by atoms with Crippen molar-refractivity contribution in [1.29, 1.82) is 0 Å². The van der Waals surface area contributed by atoms with Gasteiger partial charge in [-0.05, 0) is 8.07 Å². The van der Waals surface area contributed by atoms with Crippen LogP contribution in [0.5, 0.6) is 0 Å². The first-order chi connectivity index (χ1) is 14.3. The van der Waals surface area contributed by atoms with E-state index in [4.69, 9.17) is 0 Å². The summed E-state index contributed by atoms with van der Waals surface area (Å²) in [7, 11) is -1.80. The van der Waals surface area contributed by atoms with Crippen LogP contribution in [0.25, 0.3) is 11.1 Å². The molecule has 2 aromatic rings. The van der Waals surface area contributed by atoms with Gasteiger partial charge in [0.2, 0.25) is 0 Å². The van der Waals surface area contributed by atoms with Crippen LogP contribution in [-0.2, 0) is 0 Å². The van der Waals surface area contributed by atoms with Gasteiger partial charge in [0.15, 0.2) is 0 Å². The first kappa shape index (κ1) is 28.4. The molecule has 0 N–H and O–H groups in total. The third kappa shape index (κ3) is 8.32. The number of rotatable bonds is 12. The molecule has 0 fully saturated rings. The average Bonchev–Trinajstić information content (AvgIpc) is 3.16. The minimum atomic E-state index is -1.80. The van der Waals surface area contributed by atoms with Crippen LogP contribution in [-0.4, -0.2) is 8.07 Å². The summed E-state index contributed by atoms with van der Waals surface area (Å²) in [6.45, 7) is 4.60. The second-order valence-corrected chi connectivity index (χ2v) is 12.1. The smallest absolute Gasteiger partial charge is 0.297 e. The van der Waals surface area contributed by atoms with Gasteiger partial charge in [-0.2, -0.15) is 11.1 Å². The maximum absolute atomic E-state index is 4.13. The Labute approximate surface area is 216 Å². The van der Waals surface area contributed by atoms with Gasteiger partial charge in [-0.1, -0.05) is 114 Å². The second kappa shape index (κ2) is 15.2. The van der Waals surface area contributed by atoms with Crippen LogP contribution in [0.1, 0.15) is 76.3 Å². The van der Waals surface area contributed by atoms with Crippen LogP contribution in [0.15, 0.2) is 60.7 Å². The largest absolute Gasteiger partial charge is 1.00 e. The van der Waals surface area contributed by atoms with Gasteiger partial charge in [0.05, 0.1) is 0 Å². The summed E-state index contributed by atoms with van der Waals surface area (Å²) in [6, 6.07) is 24.4. The van der Waals surface area contributed by atoms with Gasteiger partial charge >= 0.3 is 37.7 Å². The van der Waals surface area contributed by atoms with Crippen LogP contribution >= 0.6 is 0 Å². The monoisotopic (exact) mass is 414 g/mol. The first-order valence-electron chi connectivity index (χ1n) is 11.7. The van der Waals surface area contributed by atoms with E-state index in [0.717, 1.165) is 0 Å². The molecule has 1 heterocycles. The third-order valence-electron chi connectivity index (χ3n) is 6.02. The van der Waals surface area contributed by atoms with Crippen molar-refractivity contribution in [2.75, 3.05) is 0 Å². The van der Waals surface area contributed by atoms with Gasteiger partial charge in [0.25, 0.3) is 0 Å².